The third-order valence-electron chi connectivity index (χ3n) is 3.38. The molecule has 3 N–H and O–H groups in total. The van der Waals surface area contributed by atoms with Crippen molar-refractivity contribution in [2.45, 2.75) is 44.7 Å². The van der Waals surface area contributed by atoms with Crippen LogP contribution in [0.4, 0.5) is 0 Å². The average Bonchev–Trinajstić information content (AvgIpc) is 2.34. The molecule has 0 spiro atoms. The largest absolute Gasteiger partial charge is 0.310 e. The average molecular weight is 270 g/mol. The van der Waals surface area contributed by atoms with E-state index in [0.717, 1.165) is 18.5 Å². The van der Waals surface area contributed by atoms with Crippen LogP contribution in [0.25, 0.3) is 0 Å². The fraction of sp³-hybridized carbons (Fsp3) is 0.538. The van der Waals surface area contributed by atoms with Gasteiger partial charge in [-0.2, -0.15) is 0 Å². The third-order valence-corrected chi connectivity index (χ3v) is 4.31. The van der Waals surface area contributed by atoms with E-state index in [-0.39, 0.29) is 4.90 Å². The molecule has 2 atom stereocenters. The lowest BCUT2D eigenvalue weighted by Gasteiger charge is -2.19. The van der Waals surface area contributed by atoms with Crippen molar-refractivity contribution in [3.8, 4) is 0 Å². The molecular weight excluding hydrogens is 248 g/mol. The van der Waals surface area contributed by atoms with Crippen LogP contribution in [0.15, 0.2) is 29.2 Å². The van der Waals surface area contributed by atoms with Gasteiger partial charge in [0.05, 0.1) is 4.90 Å². The number of nitrogens with two attached hydrogens (primary N) is 1. The Morgan fingerprint density at radius 2 is 1.78 bits per heavy atom. The summed E-state index contributed by atoms with van der Waals surface area (Å²) in [6, 6.07) is 7.10. The van der Waals surface area contributed by atoms with Crippen molar-refractivity contribution in [1.82, 2.24) is 5.32 Å². The zero-order chi connectivity index (χ0) is 13.8. The Bertz CT molecular complexity index is 468. The zero-order valence-electron chi connectivity index (χ0n) is 11.2. The molecule has 1 aromatic carbocycles. The summed E-state index contributed by atoms with van der Waals surface area (Å²) in [5.74, 6) is 0.619. The fourth-order valence-electron chi connectivity index (χ4n) is 1.63. The zero-order valence-corrected chi connectivity index (χ0v) is 12.0. The van der Waals surface area contributed by atoms with Crippen LogP contribution in [-0.4, -0.2) is 14.5 Å². The minimum absolute atomic E-state index is 0.154. The van der Waals surface area contributed by atoms with E-state index in [2.05, 4.69) is 26.1 Å². The van der Waals surface area contributed by atoms with Crippen LogP contribution in [0.2, 0.25) is 0 Å². The van der Waals surface area contributed by atoms with E-state index >= 15 is 0 Å². The van der Waals surface area contributed by atoms with Crippen LogP contribution in [-0.2, 0) is 16.6 Å². The fourth-order valence-corrected chi connectivity index (χ4v) is 2.15. The van der Waals surface area contributed by atoms with Crippen molar-refractivity contribution in [3.63, 3.8) is 0 Å². The first-order valence-corrected chi connectivity index (χ1v) is 7.74. The number of rotatable bonds is 6. The van der Waals surface area contributed by atoms with Gasteiger partial charge in [-0.25, -0.2) is 13.6 Å². The molecular formula is C13H22N2O2S. The Hall–Kier alpha value is -0.910. The minimum Gasteiger partial charge on any atom is -0.310 e. The first kappa shape index (κ1) is 15.1. The van der Waals surface area contributed by atoms with Gasteiger partial charge in [-0.15, -0.1) is 0 Å². The number of sulfonamides is 1. The molecule has 0 aliphatic rings. The van der Waals surface area contributed by atoms with Gasteiger partial charge in [0, 0.05) is 12.6 Å². The van der Waals surface area contributed by atoms with E-state index in [1.165, 1.54) is 0 Å². The van der Waals surface area contributed by atoms with E-state index in [1.807, 2.05) is 0 Å². The molecule has 102 valence electrons. The van der Waals surface area contributed by atoms with Gasteiger partial charge in [0.2, 0.25) is 10.0 Å². The predicted molar refractivity (Wildman–Crippen MR) is 73.6 cm³/mol. The highest BCUT2D eigenvalue weighted by atomic mass is 32.2. The van der Waals surface area contributed by atoms with Crippen LogP contribution < -0.4 is 10.5 Å². The van der Waals surface area contributed by atoms with Gasteiger partial charge in [0.15, 0.2) is 0 Å². The summed E-state index contributed by atoms with van der Waals surface area (Å²) in [6.07, 6.45) is 1.14. The van der Waals surface area contributed by atoms with Gasteiger partial charge in [0.1, 0.15) is 0 Å². The summed E-state index contributed by atoms with van der Waals surface area (Å²) in [6.45, 7) is 7.27. The summed E-state index contributed by atoms with van der Waals surface area (Å²) in [4.78, 5) is 0.154. The first-order chi connectivity index (χ1) is 8.34. The minimum atomic E-state index is -3.59. The van der Waals surface area contributed by atoms with Gasteiger partial charge < -0.3 is 5.32 Å². The maximum Gasteiger partial charge on any atom is 0.238 e. The van der Waals surface area contributed by atoms with E-state index in [0.29, 0.717) is 12.0 Å². The predicted octanol–water partition coefficient (Wildman–Crippen LogP) is 1.86. The monoisotopic (exact) mass is 270 g/mol. The summed E-state index contributed by atoms with van der Waals surface area (Å²) < 4.78 is 22.2. The van der Waals surface area contributed by atoms with Crippen molar-refractivity contribution >= 4 is 10.0 Å². The molecule has 1 aromatic rings. The molecule has 0 amide bonds. The second-order valence-corrected chi connectivity index (χ2v) is 6.31. The molecule has 0 radical (unpaired) electrons. The van der Waals surface area contributed by atoms with E-state index < -0.39 is 10.0 Å². The normalized spacial score (nSPS) is 15.3. The molecule has 2 unspecified atom stereocenters. The molecule has 4 nitrogen and oxygen atoms in total. The van der Waals surface area contributed by atoms with Crippen molar-refractivity contribution in [2.24, 2.45) is 11.1 Å². The molecule has 18 heavy (non-hydrogen) atoms. The summed E-state index contributed by atoms with van der Waals surface area (Å²) in [5, 5.41) is 8.47. The lowest BCUT2D eigenvalue weighted by molar-refractivity contribution is 0.389. The molecule has 0 aromatic heterocycles. The van der Waals surface area contributed by atoms with Gasteiger partial charge >= 0.3 is 0 Å². The summed E-state index contributed by atoms with van der Waals surface area (Å²) in [5.41, 5.74) is 1.05. The standard InChI is InChI=1S/C13H22N2O2S/c1-4-10(2)11(3)15-9-12-5-7-13(8-6-12)18(14,16)17/h5-8,10-11,15H,4,9H2,1-3H3,(H2,14,16,17). The molecule has 0 fully saturated rings. The van der Waals surface area contributed by atoms with Crippen molar-refractivity contribution in [1.29, 1.82) is 0 Å². The Morgan fingerprint density at radius 3 is 2.22 bits per heavy atom. The molecule has 0 aliphatic carbocycles. The maximum atomic E-state index is 11.1. The van der Waals surface area contributed by atoms with Crippen LogP contribution in [0.5, 0.6) is 0 Å². The highest BCUT2D eigenvalue weighted by Crippen LogP contribution is 2.10. The van der Waals surface area contributed by atoms with E-state index in [1.54, 1.807) is 24.3 Å². The van der Waals surface area contributed by atoms with Gasteiger partial charge in [-0.05, 0) is 30.5 Å². The van der Waals surface area contributed by atoms with Gasteiger partial charge in [-0.1, -0.05) is 32.4 Å². The van der Waals surface area contributed by atoms with E-state index in [9.17, 15) is 8.42 Å². The van der Waals surface area contributed by atoms with Crippen molar-refractivity contribution < 1.29 is 8.42 Å². The van der Waals surface area contributed by atoms with Crippen molar-refractivity contribution in [3.05, 3.63) is 29.8 Å². The quantitative estimate of drug-likeness (QED) is 0.828. The number of hydrogen-bond donors (Lipinski definition) is 2. The number of primary sulfonamides is 1. The molecule has 0 saturated heterocycles. The Morgan fingerprint density at radius 1 is 1.22 bits per heavy atom. The van der Waals surface area contributed by atoms with Crippen LogP contribution >= 0.6 is 0 Å². The Balaban J connectivity index is 2.60. The Kier molecular flexibility index (Phi) is 5.31. The van der Waals surface area contributed by atoms with Gasteiger partial charge in [0.25, 0.3) is 0 Å². The highest BCUT2D eigenvalue weighted by molar-refractivity contribution is 7.89. The highest BCUT2D eigenvalue weighted by Gasteiger charge is 2.10. The lowest BCUT2D eigenvalue weighted by atomic mass is 10.0. The second kappa shape index (κ2) is 6.31. The molecule has 0 saturated carbocycles. The molecule has 1 rings (SSSR count). The summed E-state index contributed by atoms with van der Waals surface area (Å²) >= 11 is 0. The molecule has 0 aliphatic heterocycles. The van der Waals surface area contributed by atoms with Crippen LogP contribution in [0.3, 0.4) is 0 Å². The topological polar surface area (TPSA) is 72.2 Å². The number of benzene rings is 1. The molecule has 5 heteroatoms. The van der Waals surface area contributed by atoms with Gasteiger partial charge in [-0.3, -0.25) is 0 Å². The molecule has 0 bridgehead atoms. The smallest absolute Gasteiger partial charge is 0.238 e. The second-order valence-electron chi connectivity index (χ2n) is 4.74. The number of nitrogens with one attached hydrogen (secondary N) is 1. The van der Waals surface area contributed by atoms with Crippen LogP contribution in [0, 0.1) is 5.92 Å². The van der Waals surface area contributed by atoms with Crippen molar-refractivity contribution in [2.75, 3.05) is 0 Å². The van der Waals surface area contributed by atoms with Crippen LogP contribution in [0.1, 0.15) is 32.8 Å². The molecule has 0 heterocycles. The Labute approximate surface area is 110 Å². The third kappa shape index (κ3) is 4.40. The maximum absolute atomic E-state index is 11.1. The lowest BCUT2D eigenvalue weighted by Crippen LogP contribution is -2.31. The van der Waals surface area contributed by atoms with E-state index in [4.69, 9.17) is 5.14 Å². The summed E-state index contributed by atoms with van der Waals surface area (Å²) in [7, 11) is -3.59. The SMILES string of the molecule is CCC(C)C(C)NCc1ccc(S(N)(=O)=O)cc1. The number of hydrogen-bond acceptors (Lipinski definition) is 3. The first-order valence-electron chi connectivity index (χ1n) is 6.19.